The van der Waals surface area contributed by atoms with E-state index in [2.05, 4.69) is 50.1 Å². The van der Waals surface area contributed by atoms with E-state index in [1.165, 1.54) is 10.1 Å². The summed E-state index contributed by atoms with van der Waals surface area (Å²) in [6.07, 6.45) is 0. The van der Waals surface area contributed by atoms with Gasteiger partial charge >= 0.3 is 18.2 Å². The first-order valence-electron chi connectivity index (χ1n) is 3.95. The van der Waals surface area contributed by atoms with E-state index < -0.39 is 0 Å². The zero-order valence-corrected chi connectivity index (χ0v) is 9.76. The van der Waals surface area contributed by atoms with Gasteiger partial charge in [-0.25, -0.2) is 0 Å². The molecule has 0 saturated carbocycles. The summed E-state index contributed by atoms with van der Waals surface area (Å²) in [5.74, 6) is 0.738. The molecule has 1 atom stereocenters. The maximum Gasteiger partial charge on any atom is 0.469 e. The van der Waals surface area contributed by atoms with E-state index in [-0.39, 0.29) is 18.2 Å². The lowest BCUT2D eigenvalue weighted by atomic mass is 10.0. The Hall–Kier alpha value is 0.466. The van der Waals surface area contributed by atoms with Gasteiger partial charge < -0.3 is 12.9 Å². The maximum atomic E-state index is 3.59. The fourth-order valence-corrected chi connectivity index (χ4v) is 3.83. The van der Waals surface area contributed by atoms with Crippen molar-refractivity contribution in [3.05, 3.63) is 35.9 Å². The average molecular weight is 223 g/mol. The van der Waals surface area contributed by atoms with Gasteiger partial charge in [-0.05, 0) is 11.5 Å². The Kier molecular flexibility index (Phi) is 4.49. The van der Waals surface area contributed by atoms with Crippen molar-refractivity contribution >= 4 is 31.1 Å². The minimum atomic E-state index is 0.0352. The Morgan fingerprint density at radius 2 is 2.00 bits per heavy atom. The van der Waals surface area contributed by atoms with Crippen LogP contribution >= 0.6 is 12.9 Å². The second kappa shape index (κ2) is 5.17. The highest BCUT2D eigenvalue weighted by molar-refractivity contribution is 9.23. The fourth-order valence-electron chi connectivity index (χ4n) is 1.11. The van der Waals surface area contributed by atoms with Gasteiger partial charge in [0.15, 0.2) is 0 Å². The second-order valence-electron chi connectivity index (χ2n) is 2.79. The van der Waals surface area contributed by atoms with Crippen LogP contribution in [0, 0.1) is 0 Å². The van der Waals surface area contributed by atoms with Crippen molar-refractivity contribution in [1.29, 1.82) is 0 Å². The third kappa shape index (κ3) is 3.14. The lowest BCUT2D eigenvalue weighted by molar-refractivity contribution is 0.863. The third-order valence-corrected chi connectivity index (χ3v) is 4.37. The van der Waals surface area contributed by atoms with Crippen LogP contribution in [0.4, 0.5) is 0 Å². The average Bonchev–Trinajstić information content (AvgIpc) is 2.07. The molecule has 1 aromatic rings. The first-order valence-corrected chi connectivity index (χ1v) is 8.85. The molecule has 0 aliphatic rings. The fraction of sp³-hybridized carbons (Fsp3) is 0.333. The minimum absolute atomic E-state index is 0.0352. The molecule has 0 aliphatic heterocycles. The van der Waals surface area contributed by atoms with E-state index in [0.717, 1.165) is 5.92 Å². The lowest BCUT2D eigenvalue weighted by Gasteiger charge is -2.08. The summed E-state index contributed by atoms with van der Waals surface area (Å²) in [5, 5.41) is 0. The predicted octanol–water partition coefficient (Wildman–Crippen LogP) is 3.22. The van der Waals surface area contributed by atoms with Crippen LogP contribution in [-0.4, -0.2) is 18.2 Å². The van der Waals surface area contributed by atoms with Crippen LogP contribution < -0.4 is 0 Å². The van der Waals surface area contributed by atoms with Gasteiger partial charge in [-0.1, -0.05) is 37.3 Å². The van der Waals surface area contributed by atoms with Gasteiger partial charge in [-0.15, -0.1) is 4.55 Å². The molecule has 1 aromatic carbocycles. The molecule has 56 valence electrons. The molecular weight excluding hydrogens is 212 g/mol. The molecule has 0 bridgehead atoms. The van der Waals surface area contributed by atoms with Gasteiger partial charge in [0.25, 0.3) is 0 Å². The molecule has 0 N–H and O–H groups in total. The lowest BCUT2D eigenvalue weighted by Crippen LogP contribution is -1.93. The summed E-state index contributed by atoms with van der Waals surface area (Å²) in [4.78, 5) is 0. The number of hydrogen-bond donors (Lipinski definition) is 0. The van der Waals surface area contributed by atoms with Crippen molar-refractivity contribution in [2.75, 3.05) is 0 Å². The van der Waals surface area contributed by atoms with Gasteiger partial charge in [0, 0.05) is 0 Å². The van der Waals surface area contributed by atoms with Gasteiger partial charge in [-0.3, -0.25) is 0 Å². The van der Waals surface area contributed by atoms with Crippen molar-refractivity contribution in [3.63, 3.8) is 0 Å². The van der Waals surface area contributed by atoms with Crippen molar-refractivity contribution < 1.29 is 0 Å². The molecule has 11 heavy (non-hydrogen) atoms. The van der Waals surface area contributed by atoms with Crippen molar-refractivity contribution in [3.8, 4) is 0 Å². The molecule has 0 fully saturated rings. The summed E-state index contributed by atoms with van der Waals surface area (Å²) in [7, 11) is 0. The van der Waals surface area contributed by atoms with Crippen LogP contribution in [0.5, 0.6) is 0 Å². The van der Waals surface area contributed by atoms with E-state index in [0.29, 0.717) is 0 Å². The van der Waals surface area contributed by atoms with E-state index in [9.17, 15) is 0 Å². The summed E-state index contributed by atoms with van der Waals surface area (Å²) < 4.78 is 1.35. The van der Waals surface area contributed by atoms with Crippen LogP contribution in [0.3, 0.4) is 0 Å². The van der Waals surface area contributed by atoms with E-state index in [1.54, 1.807) is 0 Å². The van der Waals surface area contributed by atoms with E-state index in [4.69, 9.17) is 0 Å². The largest absolute Gasteiger partial charge is 0.469 e. The molecule has 0 saturated heterocycles. The Morgan fingerprint density at radius 3 is 2.55 bits per heavy atom. The SMILES string of the molecule is CC([CH2][Mg][Br])c1ccccc1. The maximum absolute atomic E-state index is 3.59. The van der Waals surface area contributed by atoms with Crippen LogP contribution in [0.2, 0.25) is 4.55 Å². The molecule has 0 spiro atoms. The molecule has 1 rings (SSSR count). The molecule has 2 heteroatoms. The van der Waals surface area contributed by atoms with Gasteiger partial charge in [0.2, 0.25) is 0 Å². The zero-order valence-electron chi connectivity index (χ0n) is 6.76. The highest BCUT2D eigenvalue weighted by Crippen LogP contribution is 2.18. The second-order valence-corrected chi connectivity index (χ2v) is 6.12. The summed E-state index contributed by atoms with van der Waals surface area (Å²) in [6, 6.07) is 10.7. The number of halogens is 1. The Labute approximate surface area is 84.0 Å². The molecule has 0 aliphatic carbocycles. The Morgan fingerprint density at radius 1 is 1.36 bits per heavy atom. The molecule has 0 aromatic heterocycles. The minimum Gasteiger partial charge on any atom is -0.307 e. The summed E-state index contributed by atoms with van der Waals surface area (Å²) in [5.41, 5.74) is 1.47. The Balaban J connectivity index is 2.61. The number of benzene rings is 1. The van der Waals surface area contributed by atoms with Gasteiger partial charge in [0.1, 0.15) is 0 Å². The quantitative estimate of drug-likeness (QED) is 0.690. The summed E-state index contributed by atoms with van der Waals surface area (Å²) >= 11 is 3.62. The third-order valence-electron chi connectivity index (χ3n) is 1.91. The molecule has 1 unspecified atom stereocenters. The van der Waals surface area contributed by atoms with Crippen LogP contribution in [-0.2, 0) is 0 Å². The first-order chi connectivity index (χ1) is 5.34. The predicted molar refractivity (Wildman–Crippen MR) is 54.3 cm³/mol. The summed E-state index contributed by atoms with van der Waals surface area (Å²) in [6.45, 7) is 2.30. The zero-order chi connectivity index (χ0) is 8.10. The normalized spacial score (nSPS) is 12.2. The highest BCUT2D eigenvalue weighted by atomic mass is 79.9. The molecule has 0 heterocycles. The van der Waals surface area contributed by atoms with Crippen molar-refractivity contribution in [2.24, 2.45) is 0 Å². The van der Waals surface area contributed by atoms with E-state index in [1.807, 2.05) is 0 Å². The topological polar surface area (TPSA) is 0 Å². The smallest absolute Gasteiger partial charge is 0.307 e. The van der Waals surface area contributed by atoms with Gasteiger partial charge in [-0.2, -0.15) is 0 Å². The van der Waals surface area contributed by atoms with E-state index >= 15 is 0 Å². The monoisotopic (exact) mass is 222 g/mol. The number of hydrogen-bond acceptors (Lipinski definition) is 0. The first kappa shape index (κ1) is 9.55. The van der Waals surface area contributed by atoms with Crippen molar-refractivity contribution in [2.45, 2.75) is 17.4 Å². The highest BCUT2D eigenvalue weighted by Gasteiger charge is 2.03. The number of rotatable bonds is 3. The van der Waals surface area contributed by atoms with Crippen LogP contribution in [0.1, 0.15) is 18.4 Å². The molecule has 0 nitrogen and oxygen atoms in total. The Bertz CT molecular complexity index is 198. The molecule has 0 radical (unpaired) electrons. The molecule has 0 amide bonds. The molecular formula is C9H11BrMg. The van der Waals surface area contributed by atoms with Crippen molar-refractivity contribution in [1.82, 2.24) is 0 Å². The standard InChI is InChI=1S/C9H11.BrH.Mg/c1-8(2)9-6-4-3-5-7-9;;/h3-8H,1H2,2H3;1H;/q;;+1/p-1. The van der Waals surface area contributed by atoms with Crippen LogP contribution in [0.25, 0.3) is 0 Å². The van der Waals surface area contributed by atoms with Crippen LogP contribution in [0.15, 0.2) is 30.3 Å². The van der Waals surface area contributed by atoms with Gasteiger partial charge in [0.05, 0.1) is 0 Å².